The van der Waals surface area contributed by atoms with Gasteiger partial charge in [0.25, 0.3) is 5.91 Å². The van der Waals surface area contributed by atoms with Gasteiger partial charge in [0, 0.05) is 24.2 Å². The predicted octanol–water partition coefficient (Wildman–Crippen LogP) is 3.14. The van der Waals surface area contributed by atoms with Gasteiger partial charge in [-0.1, -0.05) is 23.2 Å². The van der Waals surface area contributed by atoms with E-state index in [0.29, 0.717) is 17.1 Å². The number of nitrogens with zero attached hydrogens (tertiary/aromatic N) is 1. The molecule has 1 atom stereocenters. The zero-order valence-electron chi connectivity index (χ0n) is 20.1. The van der Waals surface area contributed by atoms with Crippen molar-refractivity contribution in [3.8, 4) is 5.75 Å². The van der Waals surface area contributed by atoms with Gasteiger partial charge in [-0.25, -0.2) is 17.6 Å². The fraction of sp³-hybridized carbons (Fsp3) is 0.250. The number of carbonyl (C=O) groups excluding carboxylic acids is 1. The molecule has 0 fully saturated rings. The lowest BCUT2D eigenvalue weighted by molar-refractivity contribution is -0.144. The molecule has 1 aromatic heterocycles. The Morgan fingerprint density at radius 1 is 1.21 bits per heavy atom. The van der Waals surface area contributed by atoms with Gasteiger partial charge < -0.3 is 20.7 Å². The van der Waals surface area contributed by atoms with E-state index in [1.54, 1.807) is 5.38 Å². The van der Waals surface area contributed by atoms with E-state index in [2.05, 4.69) is 5.32 Å². The molecule has 0 saturated heterocycles. The van der Waals surface area contributed by atoms with E-state index in [1.807, 2.05) is 0 Å². The summed E-state index contributed by atoms with van der Waals surface area (Å²) >= 11 is 13.3. The van der Waals surface area contributed by atoms with Gasteiger partial charge in [0.1, 0.15) is 22.3 Å². The number of carbonyl (C=O) groups is 2. The number of sulfone groups is 1. The Morgan fingerprint density at radius 3 is 2.49 bits per heavy atom. The molecule has 5 N–H and O–H groups in total. The van der Waals surface area contributed by atoms with Gasteiger partial charge in [-0.2, -0.15) is 0 Å². The van der Waals surface area contributed by atoms with E-state index in [0.717, 1.165) is 23.5 Å². The Bertz CT molecular complexity index is 1430. The summed E-state index contributed by atoms with van der Waals surface area (Å²) in [6.07, 6.45) is -1.38. The Hall–Kier alpha value is -2.78. The first kappa shape index (κ1) is 30.8. The van der Waals surface area contributed by atoms with Crippen LogP contribution in [-0.4, -0.2) is 62.2 Å². The number of carboxylic acids is 1. The zero-order chi connectivity index (χ0) is 28.7. The Balaban J connectivity index is 0.000000983. The van der Waals surface area contributed by atoms with Gasteiger partial charge in [-0.3, -0.25) is 15.0 Å². The highest BCUT2D eigenvalue weighted by Crippen LogP contribution is 2.37. The van der Waals surface area contributed by atoms with Crippen molar-refractivity contribution in [3.63, 3.8) is 0 Å². The molecule has 2 heterocycles. The molecule has 210 valence electrons. The molecule has 4 rings (SSSR count). The van der Waals surface area contributed by atoms with Crippen LogP contribution in [0.1, 0.15) is 15.2 Å². The number of aliphatic hydroxyl groups excluding tert-OH is 1. The summed E-state index contributed by atoms with van der Waals surface area (Å²) in [4.78, 5) is 26.2. The van der Waals surface area contributed by atoms with Gasteiger partial charge in [0.2, 0.25) is 6.10 Å². The number of rotatable bonds is 8. The Labute approximate surface area is 237 Å². The largest absolute Gasteiger partial charge is 0.478 e. The van der Waals surface area contributed by atoms with Crippen LogP contribution in [0.5, 0.6) is 5.75 Å². The first-order chi connectivity index (χ1) is 18.5. The first-order valence-corrected chi connectivity index (χ1v) is 14.5. The minimum absolute atomic E-state index is 0.0676. The molecule has 0 aliphatic carbocycles. The number of anilines is 1. The molecule has 10 nitrogen and oxygen atoms in total. The van der Waals surface area contributed by atoms with Crippen molar-refractivity contribution < 1.29 is 37.3 Å². The number of thiophene rings is 1. The number of fused-ring (bicyclic) bond motifs is 1. The first-order valence-electron chi connectivity index (χ1n) is 11.2. The number of nitrogens with one attached hydrogen (secondary N) is 1. The molecule has 39 heavy (non-hydrogen) atoms. The third-order valence-corrected chi connectivity index (χ3v) is 8.64. The van der Waals surface area contributed by atoms with Crippen LogP contribution in [0.15, 0.2) is 52.7 Å². The summed E-state index contributed by atoms with van der Waals surface area (Å²) in [6, 6.07) is 9.25. The number of carboxylic acid groups (broad SMARTS) is 1. The number of nitrogens with two attached hydrogens (primary N) is 1. The molecular weight excluding hydrogens is 596 g/mol. The predicted molar refractivity (Wildman–Crippen MR) is 146 cm³/mol. The van der Waals surface area contributed by atoms with E-state index >= 15 is 0 Å². The minimum Gasteiger partial charge on any atom is -0.478 e. The van der Waals surface area contributed by atoms with Gasteiger partial charge in [-0.15, -0.1) is 11.3 Å². The Kier molecular flexibility index (Phi) is 10.7. The van der Waals surface area contributed by atoms with Crippen molar-refractivity contribution in [1.82, 2.24) is 5.32 Å². The van der Waals surface area contributed by atoms with Gasteiger partial charge in [0.05, 0.1) is 28.8 Å². The second-order valence-electron chi connectivity index (χ2n) is 8.03. The normalized spacial score (nSPS) is 14.6. The summed E-state index contributed by atoms with van der Waals surface area (Å²) in [7, 11) is -3.62. The lowest BCUT2D eigenvalue weighted by Crippen LogP contribution is -2.47. The third kappa shape index (κ3) is 7.66. The monoisotopic (exact) mass is 619 g/mol. The molecule has 0 bridgehead atoms. The van der Waals surface area contributed by atoms with Crippen molar-refractivity contribution >= 4 is 61.9 Å². The molecule has 1 aliphatic rings. The third-order valence-electron chi connectivity index (χ3n) is 5.25. The van der Waals surface area contributed by atoms with Crippen LogP contribution in [0.3, 0.4) is 0 Å². The van der Waals surface area contributed by atoms with Crippen LogP contribution in [-0.2, 0) is 21.2 Å². The van der Waals surface area contributed by atoms with Crippen molar-refractivity contribution in [1.29, 1.82) is 0 Å². The quantitative estimate of drug-likeness (QED) is 0.297. The SMILES string of the molecule is NCCO.O=C(O)C1CN(C(=O)c2scc(CNCS(=O)(=O)c3ccc(Cl)cc3)c2Cl)c2ccc(F)cc2O1. The molecule has 3 aromatic rings. The lowest BCUT2D eigenvalue weighted by Gasteiger charge is -2.32. The minimum atomic E-state index is -3.62. The summed E-state index contributed by atoms with van der Waals surface area (Å²) in [6.45, 7) is 0.242. The maximum Gasteiger partial charge on any atom is 0.346 e. The van der Waals surface area contributed by atoms with Crippen molar-refractivity contribution in [2.24, 2.45) is 5.73 Å². The molecular formula is C24H24Cl2FN3O7S2. The fourth-order valence-corrected chi connectivity index (χ4v) is 5.91. The summed E-state index contributed by atoms with van der Waals surface area (Å²) in [5.74, 6) is -2.96. The van der Waals surface area contributed by atoms with Gasteiger partial charge in [0.15, 0.2) is 9.84 Å². The van der Waals surface area contributed by atoms with Crippen LogP contribution >= 0.6 is 34.5 Å². The van der Waals surface area contributed by atoms with E-state index in [-0.39, 0.29) is 51.8 Å². The maximum atomic E-state index is 13.7. The van der Waals surface area contributed by atoms with Crippen molar-refractivity contribution in [2.45, 2.75) is 17.5 Å². The van der Waals surface area contributed by atoms with Crippen LogP contribution < -0.4 is 20.7 Å². The highest BCUT2D eigenvalue weighted by Gasteiger charge is 2.36. The average Bonchev–Trinajstić information content (AvgIpc) is 3.27. The van der Waals surface area contributed by atoms with E-state index in [9.17, 15) is 27.5 Å². The van der Waals surface area contributed by atoms with E-state index in [4.69, 9.17) is 38.8 Å². The molecule has 2 aromatic carbocycles. The zero-order valence-corrected chi connectivity index (χ0v) is 23.3. The molecule has 15 heteroatoms. The number of aliphatic carboxylic acids is 1. The van der Waals surface area contributed by atoms with Crippen LogP contribution in [0.2, 0.25) is 10.0 Å². The number of ether oxygens (including phenoxy) is 1. The summed E-state index contributed by atoms with van der Waals surface area (Å²) in [5.41, 5.74) is 5.49. The van der Waals surface area contributed by atoms with Gasteiger partial charge in [-0.05, 0) is 47.3 Å². The van der Waals surface area contributed by atoms with Crippen LogP contribution in [0.25, 0.3) is 0 Å². The van der Waals surface area contributed by atoms with E-state index < -0.39 is 33.6 Å². The molecule has 0 saturated carbocycles. The number of hydrogen-bond donors (Lipinski definition) is 4. The molecule has 0 spiro atoms. The highest BCUT2D eigenvalue weighted by atomic mass is 35.5. The Morgan fingerprint density at radius 2 is 1.87 bits per heavy atom. The average molecular weight is 621 g/mol. The fourth-order valence-electron chi connectivity index (χ4n) is 3.39. The lowest BCUT2D eigenvalue weighted by atomic mass is 10.1. The van der Waals surface area contributed by atoms with Gasteiger partial charge >= 0.3 is 5.97 Å². The number of benzene rings is 2. The van der Waals surface area contributed by atoms with E-state index in [1.165, 1.54) is 35.2 Å². The molecule has 1 amide bonds. The molecule has 1 aliphatic heterocycles. The highest BCUT2D eigenvalue weighted by molar-refractivity contribution is 7.91. The molecule has 0 radical (unpaired) electrons. The van der Waals surface area contributed by atoms with Crippen LogP contribution in [0.4, 0.5) is 10.1 Å². The number of amides is 1. The smallest absolute Gasteiger partial charge is 0.346 e. The topological polar surface area (TPSA) is 159 Å². The number of halogens is 3. The summed E-state index contributed by atoms with van der Waals surface area (Å²) in [5, 5.41) is 22.1. The molecule has 1 unspecified atom stereocenters. The number of hydrogen-bond acceptors (Lipinski definition) is 9. The van der Waals surface area contributed by atoms with Crippen molar-refractivity contribution in [3.05, 3.63) is 74.1 Å². The maximum absolute atomic E-state index is 13.7. The standard InChI is InChI=1S/C22H17Cl2FN2O6S2.C2H7NO/c23-13-1-4-15(5-2-13)35(31,32)11-26-8-12-10-34-20(19(12)24)21(28)27-9-18(22(29)30)33-17-7-14(25)3-6-16(17)27;3-1-2-4/h1-7,10,18,26H,8-9,11H2,(H,29,30);4H,1-3H2. The van der Waals surface area contributed by atoms with Crippen molar-refractivity contribution in [2.75, 3.05) is 30.5 Å². The summed E-state index contributed by atoms with van der Waals surface area (Å²) < 4.78 is 43.9. The van der Waals surface area contributed by atoms with Crippen LogP contribution in [0, 0.1) is 5.82 Å². The number of aliphatic hydroxyl groups is 1. The second kappa shape index (κ2) is 13.5. The second-order valence-corrected chi connectivity index (χ2v) is 11.7.